The molecular formula is C25H41NO3. The lowest BCUT2D eigenvalue weighted by Crippen LogP contribution is -2.57. The van der Waals surface area contributed by atoms with E-state index in [1.165, 1.54) is 0 Å². The Labute approximate surface area is 176 Å². The first-order valence-corrected chi connectivity index (χ1v) is 12.3. The lowest BCUT2D eigenvalue weighted by molar-refractivity contribution is -0.162. The zero-order chi connectivity index (χ0) is 20.6. The molecule has 0 heterocycles. The third kappa shape index (κ3) is 3.73. The van der Waals surface area contributed by atoms with Crippen LogP contribution >= 0.6 is 0 Å². The number of hydrogen-bond acceptors (Lipinski definition) is 4. The lowest BCUT2D eigenvalue weighted by atomic mass is 9.45. The molecule has 0 radical (unpaired) electrons. The van der Waals surface area contributed by atoms with Gasteiger partial charge in [0, 0.05) is 30.8 Å². The number of rotatable bonds is 7. The Balaban J connectivity index is 1.38. The summed E-state index contributed by atoms with van der Waals surface area (Å²) >= 11 is 0. The smallest absolute Gasteiger partial charge is 0.139 e. The van der Waals surface area contributed by atoms with Gasteiger partial charge < -0.3 is 10.1 Å². The average Bonchev–Trinajstić information content (AvgIpc) is 3.00. The third-order valence-corrected chi connectivity index (χ3v) is 9.47. The molecule has 4 aliphatic rings. The van der Waals surface area contributed by atoms with Crippen LogP contribution in [0.3, 0.4) is 0 Å². The fraction of sp³-hybridized carbons (Fsp3) is 0.920. The highest BCUT2D eigenvalue weighted by atomic mass is 16.5. The molecule has 0 amide bonds. The third-order valence-electron chi connectivity index (χ3n) is 9.47. The molecule has 0 bridgehead atoms. The molecule has 4 saturated carbocycles. The molecule has 0 spiro atoms. The van der Waals surface area contributed by atoms with Crippen molar-refractivity contribution in [3.05, 3.63) is 0 Å². The quantitative estimate of drug-likeness (QED) is 0.634. The van der Waals surface area contributed by atoms with E-state index >= 15 is 0 Å². The summed E-state index contributed by atoms with van der Waals surface area (Å²) in [6.07, 6.45) is 10.3. The van der Waals surface area contributed by atoms with Gasteiger partial charge in [-0.15, -0.1) is 0 Å². The Morgan fingerprint density at radius 2 is 1.90 bits per heavy atom. The number of hydrogen-bond donors (Lipinski definition) is 1. The molecule has 164 valence electrons. The number of carbonyl (C=O) groups excluding carboxylic acids is 2. The summed E-state index contributed by atoms with van der Waals surface area (Å²) in [5, 5.41) is 3.36. The lowest BCUT2D eigenvalue weighted by Gasteiger charge is -2.59. The highest BCUT2D eigenvalue weighted by Gasteiger charge is 2.62. The van der Waals surface area contributed by atoms with Crippen molar-refractivity contribution < 1.29 is 14.3 Å². The summed E-state index contributed by atoms with van der Waals surface area (Å²) in [6, 6.07) is 0. The van der Waals surface area contributed by atoms with E-state index in [0.29, 0.717) is 35.7 Å². The minimum Gasteiger partial charge on any atom is -0.378 e. The summed E-state index contributed by atoms with van der Waals surface area (Å²) < 4.78 is 6.22. The molecule has 4 rings (SSSR count). The van der Waals surface area contributed by atoms with Gasteiger partial charge in [-0.25, -0.2) is 0 Å². The van der Waals surface area contributed by atoms with Gasteiger partial charge in [-0.3, -0.25) is 9.59 Å². The largest absolute Gasteiger partial charge is 0.378 e. The summed E-state index contributed by atoms with van der Waals surface area (Å²) in [5.41, 5.74) is -0.0184. The van der Waals surface area contributed by atoms with Gasteiger partial charge >= 0.3 is 0 Å². The van der Waals surface area contributed by atoms with Crippen LogP contribution in [-0.2, 0) is 14.3 Å². The summed E-state index contributed by atoms with van der Waals surface area (Å²) in [4.78, 5) is 25.9. The van der Waals surface area contributed by atoms with Crippen molar-refractivity contribution in [3.8, 4) is 0 Å². The van der Waals surface area contributed by atoms with Gasteiger partial charge in [0.15, 0.2) is 0 Å². The number of ketones is 2. The highest BCUT2D eigenvalue weighted by molar-refractivity contribution is 5.88. The number of nitrogens with one attached hydrogen (secondary N) is 1. The van der Waals surface area contributed by atoms with Crippen molar-refractivity contribution in [1.82, 2.24) is 5.32 Å². The van der Waals surface area contributed by atoms with Crippen molar-refractivity contribution in [2.24, 2.45) is 34.5 Å². The van der Waals surface area contributed by atoms with Crippen molar-refractivity contribution >= 4 is 11.6 Å². The van der Waals surface area contributed by atoms with E-state index < -0.39 is 0 Å². The Bertz CT molecular complexity index is 634. The molecule has 0 aromatic carbocycles. The maximum Gasteiger partial charge on any atom is 0.139 e. The SMILES string of the molecule is CCNCCCCO[C@H]1CC[C@@]2(C)[C@H](C1)C(=O)C[C@@H]1[C@@H]2CC[C@]2(C)C(=O)CC[C@@H]12. The Hall–Kier alpha value is -0.740. The maximum atomic E-state index is 13.3. The fourth-order valence-corrected chi connectivity index (χ4v) is 7.71. The first-order chi connectivity index (χ1) is 13.9. The zero-order valence-corrected chi connectivity index (χ0v) is 18.8. The van der Waals surface area contributed by atoms with Gasteiger partial charge in [-0.05, 0) is 87.6 Å². The number of fused-ring (bicyclic) bond motifs is 5. The van der Waals surface area contributed by atoms with Gasteiger partial charge in [-0.1, -0.05) is 20.8 Å². The average molecular weight is 404 g/mol. The first-order valence-electron chi connectivity index (χ1n) is 12.3. The van der Waals surface area contributed by atoms with Crippen LogP contribution in [0.2, 0.25) is 0 Å². The standard InChI is InChI=1S/C25H41NO3/c1-4-26-13-5-6-14-29-17-9-11-24(2)20-10-12-25(3)19(7-8-23(25)28)18(20)16-22(27)21(24)15-17/h17-21,26H,4-16H2,1-3H3/t17-,18-,19-,20-,21+,24+,25-/m0/s1. The number of ether oxygens (including phenoxy) is 1. The molecule has 1 N–H and O–H groups in total. The van der Waals surface area contributed by atoms with Crippen LogP contribution in [0.1, 0.15) is 85.0 Å². The predicted octanol–water partition coefficient (Wildman–Crippen LogP) is 4.55. The summed E-state index contributed by atoms with van der Waals surface area (Å²) in [5.74, 6) is 2.62. The molecule has 0 aromatic heterocycles. The highest BCUT2D eigenvalue weighted by Crippen LogP contribution is 2.64. The van der Waals surface area contributed by atoms with Crippen LogP contribution in [0.5, 0.6) is 0 Å². The minimum atomic E-state index is -0.141. The Morgan fingerprint density at radius 1 is 1.07 bits per heavy atom. The molecule has 4 heteroatoms. The number of Topliss-reactive ketones (excluding diaryl/α,β-unsaturated/α-hetero) is 2. The van der Waals surface area contributed by atoms with Crippen molar-refractivity contribution in [2.45, 2.75) is 91.1 Å². The number of unbranched alkanes of at least 4 members (excludes halogenated alkanes) is 1. The van der Waals surface area contributed by atoms with Gasteiger partial charge in [0.2, 0.25) is 0 Å². The molecule has 0 aliphatic heterocycles. The summed E-state index contributed by atoms with van der Waals surface area (Å²) in [7, 11) is 0. The molecule has 29 heavy (non-hydrogen) atoms. The van der Waals surface area contributed by atoms with Crippen LogP contribution in [0.15, 0.2) is 0 Å². The van der Waals surface area contributed by atoms with E-state index in [4.69, 9.17) is 4.74 Å². The summed E-state index contributed by atoms with van der Waals surface area (Å²) in [6.45, 7) is 9.65. The van der Waals surface area contributed by atoms with Crippen LogP contribution in [0.4, 0.5) is 0 Å². The van der Waals surface area contributed by atoms with Gasteiger partial charge in [-0.2, -0.15) is 0 Å². The number of carbonyl (C=O) groups is 2. The van der Waals surface area contributed by atoms with Crippen molar-refractivity contribution in [2.75, 3.05) is 19.7 Å². The maximum absolute atomic E-state index is 13.3. The topological polar surface area (TPSA) is 55.4 Å². The minimum absolute atomic E-state index is 0.123. The van der Waals surface area contributed by atoms with Crippen LogP contribution in [0, 0.1) is 34.5 Å². The monoisotopic (exact) mass is 403 g/mol. The van der Waals surface area contributed by atoms with E-state index in [1.807, 2.05) is 0 Å². The van der Waals surface area contributed by atoms with E-state index in [2.05, 4.69) is 26.1 Å². The molecule has 4 fully saturated rings. The molecular weight excluding hydrogens is 362 g/mol. The van der Waals surface area contributed by atoms with Crippen molar-refractivity contribution in [3.63, 3.8) is 0 Å². The molecule has 4 nitrogen and oxygen atoms in total. The Kier molecular flexibility index (Phi) is 6.24. The molecule has 0 unspecified atom stereocenters. The second kappa shape index (κ2) is 8.42. The normalized spacial score (nSPS) is 44.3. The van der Waals surface area contributed by atoms with Crippen LogP contribution in [0.25, 0.3) is 0 Å². The van der Waals surface area contributed by atoms with E-state index in [0.717, 1.165) is 77.5 Å². The molecule has 0 aromatic rings. The zero-order valence-electron chi connectivity index (χ0n) is 18.8. The molecule has 0 saturated heterocycles. The Morgan fingerprint density at radius 3 is 2.69 bits per heavy atom. The van der Waals surface area contributed by atoms with Gasteiger partial charge in [0.1, 0.15) is 11.6 Å². The molecule has 7 atom stereocenters. The van der Waals surface area contributed by atoms with Crippen molar-refractivity contribution in [1.29, 1.82) is 0 Å². The predicted molar refractivity (Wildman–Crippen MR) is 115 cm³/mol. The second-order valence-corrected chi connectivity index (χ2v) is 10.9. The van der Waals surface area contributed by atoms with E-state index in [-0.39, 0.29) is 22.9 Å². The fourth-order valence-electron chi connectivity index (χ4n) is 7.71. The van der Waals surface area contributed by atoms with Gasteiger partial charge in [0.25, 0.3) is 0 Å². The first kappa shape index (κ1) is 21.5. The van der Waals surface area contributed by atoms with Gasteiger partial charge in [0.05, 0.1) is 6.10 Å². The van der Waals surface area contributed by atoms with E-state index in [9.17, 15) is 9.59 Å². The van der Waals surface area contributed by atoms with E-state index in [1.54, 1.807) is 0 Å². The second-order valence-electron chi connectivity index (χ2n) is 10.9. The van der Waals surface area contributed by atoms with Crippen LogP contribution < -0.4 is 5.32 Å². The molecule has 4 aliphatic carbocycles. The van der Waals surface area contributed by atoms with Crippen LogP contribution in [-0.4, -0.2) is 37.4 Å².